The third-order valence-corrected chi connectivity index (χ3v) is 7.15. The van der Waals surface area contributed by atoms with E-state index >= 15 is 0 Å². The number of benzene rings is 3. The lowest BCUT2D eigenvalue weighted by Gasteiger charge is -2.14. The Morgan fingerprint density at radius 1 is 0.608 bits per heavy atom. The van der Waals surface area contributed by atoms with Crippen LogP contribution in [0.5, 0.6) is 23.0 Å². The van der Waals surface area contributed by atoms with Crippen molar-refractivity contribution < 1.29 is 52.2 Å². The molecule has 1 aliphatic heterocycles. The number of esters is 2. The molecule has 3 aromatic carbocycles. The number of hydrogen-bond acceptors (Lipinski definition) is 13. The van der Waals surface area contributed by atoms with Crippen LogP contribution in [0.25, 0.3) is 0 Å². The summed E-state index contributed by atoms with van der Waals surface area (Å²) < 4.78 is 50.2. The van der Waals surface area contributed by atoms with E-state index in [4.69, 9.17) is 42.6 Å². The van der Waals surface area contributed by atoms with E-state index in [9.17, 15) is 9.59 Å². The summed E-state index contributed by atoms with van der Waals surface area (Å²) in [5, 5.41) is 8.66. The average Bonchev–Trinajstić information content (AvgIpc) is 3.15. The van der Waals surface area contributed by atoms with Crippen LogP contribution in [-0.2, 0) is 28.5 Å². The van der Waals surface area contributed by atoms with Gasteiger partial charge < -0.3 is 42.6 Å². The molecule has 0 saturated heterocycles. The molecule has 4 rings (SSSR count). The lowest BCUT2D eigenvalue weighted by molar-refractivity contribution is -0.137. The lowest BCUT2D eigenvalue weighted by Crippen LogP contribution is -2.15. The highest BCUT2D eigenvalue weighted by Gasteiger charge is 2.11. The van der Waals surface area contributed by atoms with Gasteiger partial charge >= 0.3 is 11.9 Å². The van der Waals surface area contributed by atoms with Crippen LogP contribution < -0.4 is 18.9 Å². The number of hydrogen-bond donors (Lipinski definition) is 0. The monoisotopic (exact) mass is 706 g/mol. The fraction of sp³-hybridized carbons (Fsp3) is 0.421. The molecule has 0 atom stereocenters. The predicted molar refractivity (Wildman–Crippen MR) is 188 cm³/mol. The molecule has 0 N–H and O–H groups in total. The van der Waals surface area contributed by atoms with E-state index in [-0.39, 0.29) is 0 Å². The van der Waals surface area contributed by atoms with Crippen LogP contribution >= 0.6 is 0 Å². The normalized spacial score (nSPS) is 14.9. The minimum atomic E-state index is -0.489. The van der Waals surface area contributed by atoms with Gasteiger partial charge in [0, 0.05) is 12.1 Å². The maximum atomic E-state index is 12.7. The Kier molecular flexibility index (Phi) is 18.0. The zero-order valence-corrected chi connectivity index (χ0v) is 28.8. The quantitative estimate of drug-likeness (QED) is 0.0607. The van der Waals surface area contributed by atoms with Crippen LogP contribution in [-0.4, -0.2) is 91.2 Å². The second-order valence-corrected chi connectivity index (χ2v) is 11.0. The number of nitrogens with zero attached hydrogens (tertiary/aromatic N) is 2. The topological polar surface area (TPSA) is 142 Å². The fourth-order valence-electron chi connectivity index (χ4n) is 4.50. The molecule has 0 bridgehead atoms. The second-order valence-electron chi connectivity index (χ2n) is 11.0. The van der Waals surface area contributed by atoms with Crippen LogP contribution in [0.4, 0.5) is 11.4 Å². The summed E-state index contributed by atoms with van der Waals surface area (Å²) in [5.74, 6) is 1.22. The molecule has 0 radical (unpaired) electrons. The molecule has 0 spiro atoms. The van der Waals surface area contributed by atoms with Crippen LogP contribution in [0, 0.1) is 0 Å². The number of unbranched alkanes of at least 4 members (excludes halogenated alkanes) is 3. The second kappa shape index (κ2) is 23.6. The van der Waals surface area contributed by atoms with Gasteiger partial charge in [-0.1, -0.05) is 6.58 Å². The molecule has 0 fully saturated rings. The number of fused-ring (bicyclic) bond motifs is 1. The predicted octanol–water partition coefficient (Wildman–Crippen LogP) is 6.83. The van der Waals surface area contributed by atoms with Crippen LogP contribution in [0.15, 0.2) is 89.6 Å². The zero-order valence-electron chi connectivity index (χ0n) is 28.8. The number of ether oxygens (including phenoxy) is 9. The summed E-state index contributed by atoms with van der Waals surface area (Å²) in [7, 11) is 0. The van der Waals surface area contributed by atoms with Gasteiger partial charge in [-0.3, -0.25) is 0 Å². The Labute approximate surface area is 298 Å². The van der Waals surface area contributed by atoms with E-state index in [1.165, 1.54) is 0 Å². The minimum absolute atomic E-state index is 0.314. The van der Waals surface area contributed by atoms with E-state index in [1.54, 1.807) is 66.7 Å². The number of azo groups is 1. The molecule has 0 aliphatic carbocycles. The van der Waals surface area contributed by atoms with Crippen molar-refractivity contribution in [3.05, 3.63) is 84.9 Å². The highest BCUT2D eigenvalue weighted by atomic mass is 16.6. The first kappa shape index (κ1) is 39.0. The molecule has 51 heavy (non-hydrogen) atoms. The molecule has 1 heterocycles. The summed E-state index contributed by atoms with van der Waals surface area (Å²) in [4.78, 5) is 23.7. The van der Waals surface area contributed by atoms with Crippen molar-refractivity contribution in [1.82, 2.24) is 0 Å². The molecule has 0 saturated carbocycles. The van der Waals surface area contributed by atoms with E-state index in [1.807, 2.05) is 0 Å². The average molecular weight is 707 g/mol. The van der Waals surface area contributed by atoms with E-state index < -0.39 is 11.9 Å². The van der Waals surface area contributed by atoms with Crippen molar-refractivity contribution in [2.45, 2.75) is 25.7 Å². The number of carbonyl (C=O) groups is 2. The van der Waals surface area contributed by atoms with Crippen molar-refractivity contribution in [3.8, 4) is 23.0 Å². The third-order valence-electron chi connectivity index (χ3n) is 7.15. The molecule has 13 nitrogen and oxygen atoms in total. The number of carbonyl (C=O) groups excluding carboxylic acids is 2. The lowest BCUT2D eigenvalue weighted by atomic mass is 10.2. The maximum Gasteiger partial charge on any atom is 0.343 e. The SMILES string of the molecule is C=CC(=O)OCCCCCCOc1ccc(C(=O)Oc2ccc(N=Nc3ccc4c(c3)OCCOCCOCCOCCOCCO4)cc2)cc1. The van der Waals surface area contributed by atoms with Gasteiger partial charge in [0.05, 0.1) is 83.0 Å². The van der Waals surface area contributed by atoms with Gasteiger partial charge in [0.2, 0.25) is 0 Å². The largest absolute Gasteiger partial charge is 0.494 e. The first-order valence-corrected chi connectivity index (χ1v) is 17.1. The summed E-state index contributed by atoms with van der Waals surface area (Å²) in [5.41, 5.74) is 1.53. The first-order valence-electron chi connectivity index (χ1n) is 17.1. The fourth-order valence-corrected chi connectivity index (χ4v) is 4.50. The molecule has 0 unspecified atom stereocenters. The Balaban J connectivity index is 1.22. The van der Waals surface area contributed by atoms with Gasteiger partial charge in [0.15, 0.2) is 11.5 Å². The Morgan fingerprint density at radius 3 is 1.76 bits per heavy atom. The Morgan fingerprint density at radius 2 is 1.14 bits per heavy atom. The smallest absolute Gasteiger partial charge is 0.343 e. The van der Waals surface area contributed by atoms with E-state index in [0.717, 1.165) is 31.8 Å². The minimum Gasteiger partial charge on any atom is -0.494 e. The van der Waals surface area contributed by atoms with Gasteiger partial charge in [0.25, 0.3) is 0 Å². The summed E-state index contributed by atoms with van der Waals surface area (Å²) in [6.45, 7) is 8.63. The molecule has 0 amide bonds. The van der Waals surface area contributed by atoms with Gasteiger partial charge in [-0.2, -0.15) is 10.2 Å². The first-order chi connectivity index (χ1) is 25.1. The van der Waals surface area contributed by atoms with Gasteiger partial charge in [-0.05, 0) is 86.3 Å². The Bertz CT molecular complexity index is 1500. The van der Waals surface area contributed by atoms with Crippen molar-refractivity contribution in [2.75, 3.05) is 79.3 Å². The number of rotatable bonds is 13. The highest BCUT2D eigenvalue weighted by molar-refractivity contribution is 5.91. The van der Waals surface area contributed by atoms with Gasteiger partial charge in [-0.15, -0.1) is 0 Å². The van der Waals surface area contributed by atoms with Gasteiger partial charge in [-0.25, -0.2) is 9.59 Å². The summed E-state index contributed by atoms with van der Waals surface area (Å²) >= 11 is 0. The molecule has 0 aromatic heterocycles. The van der Waals surface area contributed by atoms with Crippen molar-refractivity contribution in [3.63, 3.8) is 0 Å². The molecule has 13 heteroatoms. The maximum absolute atomic E-state index is 12.7. The van der Waals surface area contributed by atoms with E-state index in [0.29, 0.717) is 119 Å². The van der Waals surface area contributed by atoms with Crippen molar-refractivity contribution in [2.24, 2.45) is 10.2 Å². The summed E-state index contributed by atoms with van der Waals surface area (Å²) in [6.07, 6.45) is 4.71. The summed E-state index contributed by atoms with van der Waals surface area (Å²) in [6, 6.07) is 18.8. The van der Waals surface area contributed by atoms with Crippen LogP contribution in [0.2, 0.25) is 0 Å². The van der Waals surface area contributed by atoms with Crippen LogP contribution in [0.1, 0.15) is 36.0 Å². The molecule has 3 aromatic rings. The van der Waals surface area contributed by atoms with Crippen LogP contribution in [0.3, 0.4) is 0 Å². The van der Waals surface area contributed by atoms with E-state index in [2.05, 4.69) is 16.8 Å². The standard InChI is InChI=1S/C38H46N2O11/c1-2-37(41)50-18-6-4-3-5-17-47-33-12-7-30(8-13-33)38(42)51-34-14-9-31(10-15-34)39-40-32-11-16-35-36(29-32)49-28-26-46-24-22-44-20-19-43-21-23-45-25-27-48-35/h2,7-16,29H,1,3-6,17-28H2. The molecular weight excluding hydrogens is 660 g/mol. The molecular formula is C38H46N2O11. The molecule has 1 aliphatic rings. The zero-order chi connectivity index (χ0) is 35.8. The highest BCUT2D eigenvalue weighted by Crippen LogP contribution is 2.33. The van der Waals surface area contributed by atoms with Gasteiger partial charge in [0.1, 0.15) is 24.7 Å². The van der Waals surface area contributed by atoms with Crippen molar-refractivity contribution >= 4 is 23.3 Å². The molecule has 274 valence electrons. The van der Waals surface area contributed by atoms with Crippen molar-refractivity contribution in [1.29, 1.82) is 0 Å². The third kappa shape index (κ3) is 15.7. The Hall–Kier alpha value is -4.82.